The van der Waals surface area contributed by atoms with E-state index in [0.29, 0.717) is 0 Å². The predicted octanol–water partition coefficient (Wildman–Crippen LogP) is 2.96. The molecule has 2 aromatic rings. The molecule has 0 radical (unpaired) electrons. The Hall–Kier alpha value is -2.40. The van der Waals surface area contributed by atoms with E-state index in [1.807, 2.05) is 36.5 Å². The maximum absolute atomic E-state index is 13.4. The highest BCUT2D eigenvalue weighted by molar-refractivity contribution is 5.83. The van der Waals surface area contributed by atoms with Crippen LogP contribution in [-0.4, -0.2) is 60.0 Å². The van der Waals surface area contributed by atoms with Gasteiger partial charge in [-0.25, -0.2) is 4.98 Å². The molecule has 4 rings (SSSR count). The van der Waals surface area contributed by atoms with Gasteiger partial charge in [-0.2, -0.15) is 0 Å². The highest BCUT2D eigenvalue weighted by atomic mass is 16.2. The van der Waals surface area contributed by atoms with Crippen LogP contribution in [0.25, 0.3) is 0 Å². The summed E-state index contributed by atoms with van der Waals surface area (Å²) in [5, 5.41) is 0. The molecule has 27 heavy (non-hydrogen) atoms. The molecule has 0 bridgehead atoms. The molecule has 1 amide bonds. The molecule has 0 spiro atoms. The Bertz CT molecular complexity index is 722. The largest absolute Gasteiger partial charge is 0.354 e. The van der Waals surface area contributed by atoms with Crippen LogP contribution < -0.4 is 4.90 Å². The molecule has 0 unspecified atom stereocenters. The number of hydrogen-bond acceptors (Lipinski definition) is 4. The molecule has 2 aliphatic heterocycles. The zero-order chi connectivity index (χ0) is 18.5. The smallest absolute Gasteiger partial charge is 0.244 e. The first-order valence-electron chi connectivity index (χ1n) is 10.1. The van der Waals surface area contributed by atoms with E-state index >= 15 is 0 Å². The third-order valence-corrected chi connectivity index (χ3v) is 5.67. The van der Waals surface area contributed by atoms with Crippen molar-refractivity contribution in [2.24, 2.45) is 0 Å². The van der Waals surface area contributed by atoms with Crippen LogP contribution in [0.2, 0.25) is 0 Å². The van der Waals surface area contributed by atoms with Gasteiger partial charge >= 0.3 is 0 Å². The molecule has 1 aromatic heterocycles. The number of nitrogens with zero attached hydrogens (tertiary/aromatic N) is 4. The number of carbonyl (C=O) groups is 1. The third kappa shape index (κ3) is 4.14. The Balaban J connectivity index is 1.50. The molecule has 5 nitrogen and oxygen atoms in total. The zero-order valence-corrected chi connectivity index (χ0v) is 15.8. The summed E-state index contributed by atoms with van der Waals surface area (Å²) in [7, 11) is 0. The first-order chi connectivity index (χ1) is 13.3. The summed E-state index contributed by atoms with van der Waals surface area (Å²) in [5.74, 6) is 1.29. The number of anilines is 1. The van der Waals surface area contributed by atoms with Gasteiger partial charge in [0.15, 0.2) is 0 Å². The van der Waals surface area contributed by atoms with Gasteiger partial charge in [0.05, 0.1) is 0 Å². The lowest BCUT2D eigenvalue weighted by molar-refractivity contribution is -0.138. The molecule has 5 heteroatoms. The second-order valence-corrected chi connectivity index (χ2v) is 7.41. The van der Waals surface area contributed by atoms with E-state index in [-0.39, 0.29) is 11.9 Å². The van der Waals surface area contributed by atoms with E-state index in [1.54, 1.807) is 0 Å². The van der Waals surface area contributed by atoms with E-state index in [2.05, 4.69) is 37.9 Å². The van der Waals surface area contributed by atoms with E-state index in [0.717, 1.165) is 63.5 Å². The normalized spacial score (nSPS) is 19.7. The van der Waals surface area contributed by atoms with Gasteiger partial charge < -0.3 is 9.80 Å². The molecule has 0 saturated carbocycles. The summed E-state index contributed by atoms with van der Waals surface area (Å²) in [5.41, 5.74) is 1.11. The van der Waals surface area contributed by atoms with Gasteiger partial charge in [0.2, 0.25) is 5.91 Å². The van der Waals surface area contributed by atoms with Crippen LogP contribution in [0.3, 0.4) is 0 Å². The molecule has 142 valence electrons. The summed E-state index contributed by atoms with van der Waals surface area (Å²) in [6.45, 7) is 5.33. The zero-order valence-electron chi connectivity index (χ0n) is 15.8. The van der Waals surface area contributed by atoms with Crippen LogP contribution in [0, 0.1) is 0 Å². The van der Waals surface area contributed by atoms with Crippen molar-refractivity contribution >= 4 is 11.7 Å². The molecule has 2 aliphatic rings. The van der Waals surface area contributed by atoms with Crippen molar-refractivity contribution in [3.8, 4) is 0 Å². The summed E-state index contributed by atoms with van der Waals surface area (Å²) < 4.78 is 0. The van der Waals surface area contributed by atoms with Crippen molar-refractivity contribution in [3.05, 3.63) is 60.3 Å². The van der Waals surface area contributed by atoms with Crippen LogP contribution >= 0.6 is 0 Å². The second-order valence-electron chi connectivity index (χ2n) is 7.41. The van der Waals surface area contributed by atoms with Crippen LogP contribution in [0.4, 0.5) is 5.82 Å². The van der Waals surface area contributed by atoms with E-state index in [9.17, 15) is 4.79 Å². The Morgan fingerprint density at radius 3 is 2.19 bits per heavy atom. The van der Waals surface area contributed by atoms with Gasteiger partial charge in [-0.1, -0.05) is 36.4 Å². The van der Waals surface area contributed by atoms with E-state index in [1.165, 1.54) is 6.42 Å². The SMILES string of the molecule is O=C([C@H](c1ccccc1)N1CCN(c2ccccn2)CC1)N1CCCCC1. The van der Waals surface area contributed by atoms with Crippen LogP contribution in [0.5, 0.6) is 0 Å². The first-order valence-corrected chi connectivity index (χ1v) is 10.1. The van der Waals surface area contributed by atoms with Crippen LogP contribution in [0.15, 0.2) is 54.7 Å². The number of rotatable bonds is 4. The highest BCUT2D eigenvalue weighted by Crippen LogP contribution is 2.27. The first kappa shape index (κ1) is 18.0. The van der Waals surface area contributed by atoms with Crippen molar-refractivity contribution in [2.75, 3.05) is 44.2 Å². The fourth-order valence-corrected chi connectivity index (χ4v) is 4.18. The van der Waals surface area contributed by atoms with Crippen molar-refractivity contribution in [1.82, 2.24) is 14.8 Å². The number of piperazine rings is 1. The Morgan fingerprint density at radius 1 is 0.815 bits per heavy atom. The van der Waals surface area contributed by atoms with Gasteiger partial charge in [0.25, 0.3) is 0 Å². The third-order valence-electron chi connectivity index (χ3n) is 5.67. The molecule has 1 aromatic carbocycles. The quantitative estimate of drug-likeness (QED) is 0.836. The van der Waals surface area contributed by atoms with Crippen molar-refractivity contribution in [1.29, 1.82) is 0 Å². The molecule has 3 heterocycles. The summed E-state index contributed by atoms with van der Waals surface area (Å²) in [6, 6.07) is 16.1. The number of piperidine rings is 1. The van der Waals surface area contributed by atoms with Crippen molar-refractivity contribution in [2.45, 2.75) is 25.3 Å². The minimum atomic E-state index is -0.171. The van der Waals surface area contributed by atoms with Gasteiger partial charge in [0.1, 0.15) is 11.9 Å². The van der Waals surface area contributed by atoms with Gasteiger partial charge in [-0.3, -0.25) is 9.69 Å². The summed E-state index contributed by atoms with van der Waals surface area (Å²) in [6.07, 6.45) is 5.33. The Labute approximate surface area is 161 Å². The fourth-order valence-electron chi connectivity index (χ4n) is 4.18. The number of benzene rings is 1. The van der Waals surface area contributed by atoms with Gasteiger partial charge in [0, 0.05) is 45.5 Å². The number of amides is 1. The standard InChI is InChI=1S/C22H28N4O/c27-22(26-13-7-2-8-14-26)21(19-9-3-1-4-10-19)25-17-15-24(16-18-25)20-11-5-6-12-23-20/h1,3-6,9-12,21H,2,7-8,13-18H2/t21-/m0/s1. The Morgan fingerprint density at radius 2 is 1.52 bits per heavy atom. The number of likely N-dealkylation sites (tertiary alicyclic amines) is 1. The maximum Gasteiger partial charge on any atom is 0.244 e. The van der Waals surface area contributed by atoms with Crippen molar-refractivity contribution < 1.29 is 4.79 Å². The van der Waals surface area contributed by atoms with E-state index in [4.69, 9.17) is 0 Å². The fraction of sp³-hybridized carbons (Fsp3) is 0.455. The molecule has 0 N–H and O–H groups in total. The van der Waals surface area contributed by atoms with Gasteiger partial charge in [-0.05, 0) is 37.0 Å². The lowest BCUT2D eigenvalue weighted by Gasteiger charge is -2.41. The molecule has 2 saturated heterocycles. The maximum atomic E-state index is 13.4. The number of pyridine rings is 1. The van der Waals surface area contributed by atoms with Crippen molar-refractivity contribution in [3.63, 3.8) is 0 Å². The topological polar surface area (TPSA) is 39.7 Å². The molecule has 1 atom stereocenters. The summed E-state index contributed by atoms with van der Waals surface area (Å²) in [4.78, 5) is 24.6. The molecular weight excluding hydrogens is 336 g/mol. The highest BCUT2D eigenvalue weighted by Gasteiger charge is 2.33. The lowest BCUT2D eigenvalue weighted by Crippen LogP contribution is -2.52. The molecule has 0 aliphatic carbocycles. The van der Waals surface area contributed by atoms with E-state index < -0.39 is 0 Å². The number of carbonyl (C=O) groups excluding carboxylic acids is 1. The number of aromatic nitrogens is 1. The predicted molar refractivity (Wildman–Crippen MR) is 108 cm³/mol. The minimum Gasteiger partial charge on any atom is -0.354 e. The molecule has 2 fully saturated rings. The second kappa shape index (κ2) is 8.53. The Kier molecular flexibility index (Phi) is 5.68. The molecular formula is C22H28N4O. The minimum absolute atomic E-state index is 0.171. The lowest BCUT2D eigenvalue weighted by atomic mass is 10.0. The monoisotopic (exact) mass is 364 g/mol. The average molecular weight is 364 g/mol. The van der Waals surface area contributed by atoms with Crippen LogP contribution in [0.1, 0.15) is 30.9 Å². The van der Waals surface area contributed by atoms with Crippen LogP contribution in [-0.2, 0) is 4.79 Å². The summed E-state index contributed by atoms with van der Waals surface area (Å²) >= 11 is 0. The number of hydrogen-bond donors (Lipinski definition) is 0. The van der Waals surface area contributed by atoms with Gasteiger partial charge in [-0.15, -0.1) is 0 Å². The average Bonchev–Trinajstić information content (AvgIpc) is 2.76.